The van der Waals surface area contributed by atoms with Crippen molar-refractivity contribution in [3.8, 4) is 0 Å². The van der Waals surface area contributed by atoms with Crippen molar-refractivity contribution in [3.05, 3.63) is 35.0 Å². The van der Waals surface area contributed by atoms with Gasteiger partial charge in [0.2, 0.25) is 0 Å². The highest BCUT2D eigenvalue weighted by atomic mass is 32.2. The summed E-state index contributed by atoms with van der Waals surface area (Å²) in [6.45, 7) is 0. The largest absolute Gasteiger partial charge is 0.274 e. The zero-order chi connectivity index (χ0) is 9.80. The minimum absolute atomic E-state index is 0.134. The van der Waals surface area contributed by atoms with Crippen molar-refractivity contribution < 1.29 is 4.79 Å². The minimum atomic E-state index is 0.134. The Morgan fingerprint density at radius 2 is 1.50 bits per heavy atom. The molecule has 0 saturated heterocycles. The molecule has 0 saturated carbocycles. The molecule has 0 unspecified atom stereocenters. The lowest BCUT2D eigenvalue weighted by Gasteiger charge is -1.94. The summed E-state index contributed by atoms with van der Waals surface area (Å²) in [5.41, 5.74) is 0. The molecule has 0 N–H and O–H groups in total. The van der Waals surface area contributed by atoms with Gasteiger partial charge >= 0.3 is 0 Å². The van der Waals surface area contributed by atoms with Crippen molar-refractivity contribution in [2.45, 2.75) is 8.42 Å². The molecule has 72 valence electrons. The van der Waals surface area contributed by atoms with Crippen molar-refractivity contribution in [3.63, 3.8) is 0 Å². The van der Waals surface area contributed by atoms with Gasteiger partial charge in [-0.3, -0.25) is 4.79 Å². The SMILES string of the molecule is O=C(Sc1cccs1)Sc1cccs1. The Labute approximate surface area is 98.5 Å². The molecule has 0 aliphatic carbocycles. The summed E-state index contributed by atoms with van der Waals surface area (Å²) < 4.78 is 2.24. The van der Waals surface area contributed by atoms with E-state index in [0.29, 0.717) is 0 Å². The van der Waals surface area contributed by atoms with Gasteiger partial charge in [-0.1, -0.05) is 12.1 Å². The third kappa shape index (κ3) is 2.88. The second-order valence-corrected chi connectivity index (χ2v) is 7.02. The molecular weight excluding hydrogens is 252 g/mol. The number of thioether (sulfide) groups is 2. The third-order valence-electron chi connectivity index (χ3n) is 1.36. The molecular formula is C9H6OS4. The number of thiophene rings is 2. The number of carbonyl (C=O) groups excluding carboxylic acids is 1. The van der Waals surface area contributed by atoms with Gasteiger partial charge in [-0.2, -0.15) is 0 Å². The second-order valence-electron chi connectivity index (χ2n) is 2.32. The number of hydrogen-bond acceptors (Lipinski definition) is 5. The molecule has 0 aliphatic rings. The van der Waals surface area contributed by atoms with Crippen LogP contribution in [0.15, 0.2) is 43.4 Å². The molecule has 0 bridgehead atoms. The van der Waals surface area contributed by atoms with Crippen LogP contribution in [0.3, 0.4) is 0 Å². The first kappa shape index (κ1) is 10.3. The van der Waals surface area contributed by atoms with Crippen LogP contribution in [0.25, 0.3) is 0 Å². The smallest absolute Gasteiger partial charge is 0.257 e. The van der Waals surface area contributed by atoms with Crippen LogP contribution < -0.4 is 0 Å². The second kappa shape index (κ2) is 5.02. The summed E-state index contributed by atoms with van der Waals surface area (Å²) in [5.74, 6) is 0. The lowest BCUT2D eigenvalue weighted by Crippen LogP contribution is -1.76. The van der Waals surface area contributed by atoms with Gasteiger partial charge in [0.1, 0.15) is 0 Å². The molecule has 0 atom stereocenters. The predicted molar refractivity (Wildman–Crippen MR) is 65.7 cm³/mol. The van der Waals surface area contributed by atoms with Crippen molar-refractivity contribution in [1.29, 1.82) is 0 Å². The molecule has 2 aromatic rings. The average molecular weight is 258 g/mol. The first-order valence-electron chi connectivity index (χ1n) is 3.81. The van der Waals surface area contributed by atoms with E-state index in [0.717, 1.165) is 8.42 Å². The summed E-state index contributed by atoms with van der Waals surface area (Å²) in [6, 6.07) is 7.83. The number of rotatable bonds is 2. The van der Waals surface area contributed by atoms with Crippen LogP contribution >= 0.6 is 46.2 Å². The van der Waals surface area contributed by atoms with Gasteiger partial charge in [0, 0.05) is 0 Å². The van der Waals surface area contributed by atoms with Crippen molar-refractivity contribution in [2.75, 3.05) is 0 Å². The molecule has 2 aromatic heterocycles. The van der Waals surface area contributed by atoms with Crippen molar-refractivity contribution >= 4 is 50.6 Å². The van der Waals surface area contributed by atoms with Crippen LogP contribution in [0.5, 0.6) is 0 Å². The number of carbonyl (C=O) groups is 1. The highest BCUT2D eigenvalue weighted by Crippen LogP contribution is 2.34. The number of hydrogen-bond donors (Lipinski definition) is 0. The molecule has 0 aromatic carbocycles. The fourth-order valence-corrected chi connectivity index (χ4v) is 4.54. The normalized spacial score (nSPS) is 10.3. The van der Waals surface area contributed by atoms with E-state index in [4.69, 9.17) is 0 Å². The van der Waals surface area contributed by atoms with Crippen LogP contribution in [0, 0.1) is 0 Å². The van der Waals surface area contributed by atoms with Gasteiger partial charge in [0.15, 0.2) is 0 Å². The molecule has 14 heavy (non-hydrogen) atoms. The molecule has 1 nitrogen and oxygen atoms in total. The van der Waals surface area contributed by atoms with E-state index in [2.05, 4.69) is 0 Å². The van der Waals surface area contributed by atoms with Crippen LogP contribution in [0.4, 0.5) is 4.79 Å². The Hall–Kier alpha value is -0.230. The highest BCUT2D eigenvalue weighted by molar-refractivity contribution is 8.39. The first-order valence-corrected chi connectivity index (χ1v) is 7.20. The molecule has 0 radical (unpaired) electrons. The fourth-order valence-electron chi connectivity index (χ4n) is 0.828. The Morgan fingerprint density at radius 1 is 1.00 bits per heavy atom. The topological polar surface area (TPSA) is 17.1 Å². The van der Waals surface area contributed by atoms with Gasteiger partial charge in [-0.05, 0) is 46.4 Å². The monoisotopic (exact) mass is 258 g/mol. The zero-order valence-electron chi connectivity index (χ0n) is 7.01. The molecule has 0 amide bonds. The standard InChI is InChI=1S/C9H6OS4/c10-9(13-7-3-1-5-11-7)14-8-4-2-6-12-8/h1-6H. The van der Waals surface area contributed by atoms with E-state index < -0.39 is 0 Å². The first-order chi connectivity index (χ1) is 6.84. The molecule has 0 spiro atoms. The lowest BCUT2D eigenvalue weighted by molar-refractivity contribution is 0.276. The predicted octanol–water partition coefficient (Wildman–Crippen LogP) is 4.81. The van der Waals surface area contributed by atoms with Gasteiger partial charge in [-0.25, -0.2) is 0 Å². The maximum atomic E-state index is 11.5. The van der Waals surface area contributed by atoms with Gasteiger partial charge in [-0.15, -0.1) is 22.7 Å². The van der Waals surface area contributed by atoms with Crippen LogP contribution in [-0.2, 0) is 0 Å². The van der Waals surface area contributed by atoms with E-state index in [-0.39, 0.29) is 4.45 Å². The molecule has 2 rings (SSSR count). The lowest BCUT2D eigenvalue weighted by atomic mass is 10.7. The summed E-state index contributed by atoms with van der Waals surface area (Å²) in [5, 5.41) is 3.96. The zero-order valence-corrected chi connectivity index (χ0v) is 10.3. The Bertz CT molecular complexity index is 352. The van der Waals surface area contributed by atoms with Gasteiger partial charge < -0.3 is 0 Å². The van der Waals surface area contributed by atoms with E-state index in [1.807, 2.05) is 35.0 Å². The summed E-state index contributed by atoms with van der Waals surface area (Å²) in [7, 11) is 0. The van der Waals surface area contributed by atoms with Crippen LogP contribution in [-0.4, -0.2) is 4.45 Å². The Balaban J connectivity index is 1.91. The van der Waals surface area contributed by atoms with Crippen LogP contribution in [0.1, 0.15) is 0 Å². The van der Waals surface area contributed by atoms with Crippen molar-refractivity contribution in [2.24, 2.45) is 0 Å². The van der Waals surface area contributed by atoms with E-state index in [9.17, 15) is 4.79 Å². The highest BCUT2D eigenvalue weighted by Gasteiger charge is 2.08. The Kier molecular flexibility index (Phi) is 3.69. The Morgan fingerprint density at radius 3 is 1.86 bits per heavy atom. The fraction of sp³-hybridized carbons (Fsp3) is 0. The third-order valence-corrected chi connectivity index (χ3v) is 5.27. The molecule has 0 aliphatic heterocycles. The quantitative estimate of drug-likeness (QED) is 0.719. The maximum Gasteiger partial charge on any atom is 0.257 e. The summed E-state index contributed by atoms with van der Waals surface area (Å²) in [4.78, 5) is 11.5. The average Bonchev–Trinajstić information content (AvgIpc) is 2.76. The maximum absolute atomic E-state index is 11.5. The van der Waals surface area contributed by atoms with Crippen LogP contribution in [0.2, 0.25) is 0 Å². The molecule has 5 heteroatoms. The molecule has 2 heterocycles. The molecule has 0 fully saturated rings. The van der Waals surface area contributed by atoms with Gasteiger partial charge in [0.25, 0.3) is 4.45 Å². The van der Waals surface area contributed by atoms with Gasteiger partial charge in [0.05, 0.1) is 8.42 Å². The van der Waals surface area contributed by atoms with E-state index >= 15 is 0 Å². The summed E-state index contributed by atoms with van der Waals surface area (Å²) >= 11 is 5.79. The van der Waals surface area contributed by atoms with Crippen molar-refractivity contribution in [1.82, 2.24) is 0 Å². The summed E-state index contributed by atoms with van der Waals surface area (Å²) in [6.07, 6.45) is 0. The van der Waals surface area contributed by atoms with E-state index in [1.54, 1.807) is 22.7 Å². The minimum Gasteiger partial charge on any atom is -0.274 e. The van der Waals surface area contributed by atoms with E-state index in [1.165, 1.54) is 23.5 Å².